The normalized spacial score (nSPS) is 10.2. The molecule has 114 valence electrons. The van der Waals surface area contributed by atoms with E-state index in [2.05, 4.69) is 26.0 Å². The van der Waals surface area contributed by atoms with Crippen molar-refractivity contribution in [3.8, 4) is 5.82 Å². The molecule has 2 heterocycles. The lowest BCUT2D eigenvalue weighted by Crippen LogP contribution is -2.12. The summed E-state index contributed by atoms with van der Waals surface area (Å²) >= 11 is 3.39. The fourth-order valence-corrected chi connectivity index (χ4v) is 2.44. The molecule has 3 aromatic rings. The van der Waals surface area contributed by atoms with Gasteiger partial charge in [-0.2, -0.15) is 5.10 Å². The number of benzene rings is 1. The molecule has 0 bridgehead atoms. The first-order chi connectivity index (χ1) is 10.6. The van der Waals surface area contributed by atoms with Crippen molar-refractivity contribution in [2.24, 2.45) is 5.73 Å². The largest absolute Gasteiger partial charge is 0.364 e. The number of nitrogens with zero attached hydrogens (tertiary/aromatic N) is 3. The Morgan fingerprint density at radius 3 is 2.59 bits per heavy atom. The van der Waals surface area contributed by atoms with E-state index in [1.807, 2.05) is 51.1 Å². The average molecular weight is 361 g/mol. The SMILES string of the molecule is CC.Cc1ccnc(-n2nc(C(N)=O)c3cc(Br)ccc32)c1. The van der Waals surface area contributed by atoms with Crippen LogP contribution in [-0.4, -0.2) is 20.7 Å². The molecule has 2 N–H and O–H groups in total. The number of primary amides is 1. The van der Waals surface area contributed by atoms with Gasteiger partial charge in [-0.15, -0.1) is 0 Å². The van der Waals surface area contributed by atoms with Crippen LogP contribution >= 0.6 is 15.9 Å². The molecule has 0 spiro atoms. The zero-order valence-corrected chi connectivity index (χ0v) is 14.3. The van der Waals surface area contributed by atoms with E-state index in [4.69, 9.17) is 5.73 Å². The fourth-order valence-electron chi connectivity index (χ4n) is 2.08. The molecular weight excluding hydrogens is 344 g/mol. The molecule has 1 amide bonds. The summed E-state index contributed by atoms with van der Waals surface area (Å²) in [6.07, 6.45) is 1.71. The highest BCUT2D eigenvalue weighted by molar-refractivity contribution is 9.10. The number of pyridine rings is 1. The van der Waals surface area contributed by atoms with E-state index in [1.54, 1.807) is 10.9 Å². The first-order valence-electron chi connectivity index (χ1n) is 6.97. The fraction of sp³-hybridized carbons (Fsp3) is 0.188. The molecule has 6 heteroatoms. The third-order valence-electron chi connectivity index (χ3n) is 2.99. The Hall–Kier alpha value is -2.21. The predicted octanol–water partition coefficient (Wildman–Crippen LogP) is 3.62. The molecule has 2 aromatic heterocycles. The van der Waals surface area contributed by atoms with E-state index in [-0.39, 0.29) is 5.69 Å². The van der Waals surface area contributed by atoms with E-state index < -0.39 is 5.91 Å². The number of nitrogens with two attached hydrogens (primary N) is 1. The van der Waals surface area contributed by atoms with Crippen molar-refractivity contribution in [1.82, 2.24) is 14.8 Å². The van der Waals surface area contributed by atoms with Gasteiger partial charge in [-0.05, 0) is 42.8 Å². The van der Waals surface area contributed by atoms with Crippen molar-refractivity contribution in [2.75, 3.05) is 0 Å². The highest BCUT2D eigenvalue weighted by atomic mass is 79.9. The second-order valence-electron chi connectivity index (χ2n) is 4.48. The minimum absolute atomic E-state index is 0.240. The lowest BCUT2D eigenvalue weighted by atomic mass is 10.2. The number of fused-ring (bicyclic) bond motifs is 1. The van der Waals surface area contributed by atoms with Gasteiger partial charge in [-0.3, -0.25) is 4.79 Å². The minimum Gasteiger partial charge on any atom is -0.364 e. The van der Waals surface area contributed by atoms with Crippen LogP contribution in [0.2, 0.25) is 0 Å². The first-order valence-corrected chi connectivity index (χ1v) is 7.76. The quantitative estimate of drug-likeness (QED) is 0.758. The van der Waals surface area contributed by atoms with Crippen LogP contribution in [-0.2, 0) is 0 Å². The van der Waals surface area contributed by atoms with Crippen LogP contribution in [0.15, 0.2) is 41.0 Å². The Morgan fingerprint density at radius 1 is 1.23 bits per heavy atom. The van der Waals surface area contributed by atoms with Crippen LogP contribution in [0, 0.1) is 6.92 Å². The van der Waals surface area contributed by atoms with Crippen molar-refractivity contribution in [1.29, 1.82) is 0 Å². The van der Waals surface area contributed by atoms with Crippen molar-refractivity contribution in [2.45, 2.75) is 20.8 Å². The van der Waals surface area contributed by atoms with Gasteiger partial charge in [-0.1, -0.05) is 29.8 Å². The van der Waals surface area contributed by atoms with Crippen molar-refractivity contribution < 1.29 is 4.79 Å². The van der Waals surface area contributed by atoms with E-state index in [9.17, 15) is 4.79 Å². The van der Waals surface area contributed by atoms with E-state index in [1.165, 1.54) is 0 Å². The number of amides is 1. The summed E-state index contributed by atoms with van der Waals surface area (Å²) in [5, 5.41) is 5.00. The molecule has 0 atom stereocenters. The van der Waals surface area contributed by atoms with Gasteiger partial charge in [0.2, 0.25) is 0 Å². The van der Waals surface area contributed by atoms with Crippen molar-refractivity contribution >= 4 is 32.7 Å². The predicted molar refractivity (Wildman–Crippen MR) is 91.2 cm³/mol. The van der Waals surface area contributed by atoms with Gasteiger partial charge >= 0.3 is 0 Å². The van der Waals surface area contributed by atoms with E-state index >= 15 is 0 Å². The molecule has 3 rings (SSSR count). The van der Waals surface area contributed by atoms with E-state index in [0.29, 0.717) is 11.2 Å². The zero-order valence-electron chi connectivity index (χ0n) is 12.7. The lowest BCUT2D eigenvalue weighted by molar-refractivity contribution is 0.0996. The number of rotatable bonds is 2. The summed E-state index contributed by atoms with van der Waals surface area (Å²) in [6.45, 7) is 5.97. The first kappa shape index (κ1) is 16.2. The molecular formula is C16H17BrN4O. The summed E-state index contributed by atoms with van der Waals surface area (Å²) in [7, 11) is 0. The van der Waals surface area contributed by atoms with Gasteiger partial charge in [0.25, 0.3) is 5.91 Å². The summed E-state index contributed by atoms with van der Waals surface area (Å²) in [5.74, 6) is 0.101. The number of aromatic nitrogens is 3. The monoisotopic (exact) mass is 360 g/mol. The summed E-state index contributed by atoms with van der Waals surface area (Å²) in [4.78, 5) is 15.8. The zero-order chi connectivity index (χ0) is 16.3. The highest BCUT2D eigenvalue weighted by Gasteiger charge is 2.16. The van der Waals surface area contributed by atoms with Gasteiger partial charge in [0.15, 0.2) is 11.5 Å². The summed E-state index contributed by atoms with van der Waals surface area (Å²) in [6, 6.07) is 9.40. The molecule has 0 aliphatic carbocycles. The average Bonchev–Trinajstić information content (AvgIpc) is 2.88. The van der Waals surface area contributed by atoms with Gasteiger partial charge in [-0.25, -0.2) is 9.67 Å². The summed E-state index contributed by atoms with van der Waals surface area (Å²) < 4.78 is 2.50. The molecule has 0 unspecified atom stereocenters. The molecule has 0 fully saturated rings. The Labute approximate surface area is 137 Å². The third kappa shape index (κ3) is 3.01. The van der Waals surface area contributed by atoms with Crippen LogP contribution in [0.1, 0.15) is 29.9 Å². The minimum atomic E-state index is -0.556. The summed E-state index contributed by atoms with van der Waals surface area (Å²) in [5.41, 5.74) is 7.50. The van der Waals surface area contributed by atoms with Crippen molar-refractivity contribution in [3.05, 3.63) is 52.3 Å². The molecule has 0 aliphatic heterocycles. The van der Waals surface area contributed by atoms with Crippen LogP contribution < -0.4 is 5.73 Å². The van der Waals surface area contributed by atoms with Crippen LogP contribution in [0.5, 0.6) is 0 Å². The number of aryl methyl sites for hydroxylation is 1. The number of hydrogen-bond donors (Lipinski definition) is 1. The van der Waals surface area contributed by atoms with Crippen molar-refractivity contribution in [3.63, 3.8) is 0 Å². The van der Waals surface area contributed by atoms with Crippen LogP contribution in [0.3, 0.4) is 0 Å². The highest BCUT2D eigenvalue weighted by Crippen LogP contribution is 2.25. The molecule has 0 saturated heterocycles. The molecule has 0 radical (unpaired) electrons. The number of hydrogen-bond acceptors (Lipinski definition) is 3. The number of carbonyl (C=O) groups excluding carboxylic acids is 1. The van der Waals surface area contributed by atoms with Gasteiger partial charge in [0, 0.05) is 16.1 Å². The molecule has 0 aliphatic rings. The van der Waals surface area contributed by atoms with Gasteiger partial charge < -0.3 is 5.73 Å². The molecule has 1 aromatic carbocycles. The van der Waals surface area contributed by atoms with Gasteiger partial charge in [0.1, 0.15) is 0 Å². The Balaban J connectivity index is 0.000000847. The molecule has 0 saturated carbocycles. The second-order valence-corrected chi connectivity index (χ2v) is 5.39. The molecule has 5 nitrogen and oxygen atoms in total. The van der Waals surface area contributed by atoms with Crippen LogP contribution in [0.4, 0.5) is 0 Å². The Kier molecular flexibility index (Phi) is 4.92. The maximum absolute atomic E-state index is 11.5. The number of halogens is 1. The maximum Gasteiger partial charge on any atom is 0.269 e. The van der Waals surface area contributed by atoms with Crippen LogP contribution in [0.25, 0.3) is 16.7 Å². The smallest absolute Gasteiger partial charge is 0.269 e. The third-order valence-corrected chi connectivity index (χ3v) is 3.49. The standard InChI is InChI=1S/C14H11BrN4O.C2H6/c1-8-4-5-17-12(6-8)19-11-3-2-9(15)7-10(11)13(18-19)14(16)20;1-2/h2-7H,1H3,(H2,16,20);1-2H3. The molecule has 22 heavy (non-hydrogen) atoms. The number of carbonyl (C=O) groups is 1. The Bertz CT molecular complexity index is 826. The maximum atomic E-state index is 11.5. The topological polar surface area (TPSA) is 73.8 Å². The van der Waals surface area contributed by atoms with E-state index in [0.717, 1.165) is 15.6 Å². The van der Waals surface area contributed by atoms with Gasteiger partial charge in [0.05, 0.1) is 5.52 Å². The lowest BCUT2D eigenvalue weighted by Gasteiger charge is -2.03. The Morgan fingerprint density at radius 2 is 1.95 bits per heavy atom. The second kappa shape index (κ2) is 6.70.